The number of hydrogen-bond donors (Lipinski definition) is 0. The van der Waals surface area contributed by atoms with Gasteiger partial charge in [-0.15, -0.1) is 5.10 Å². The summed E-state index contributed by atoms with van der Waals surface area (Å²) in [5.74, 6) is 1.78. The van der Waals surface area contributed by atoms with Crippen molar-refractivity contribution in [2.24, 2.45) is 0 Å². The van der Waals surface area contributed by atoms with Crippen LogP contribution in [-0.2, 0) is 12.0 Å². The fourth-order valence-corrected chi connectivity index (χ4v) is 7.35. The monoisotopic (exact) mass is 650 g/mol. The number of rotatable bonds is 10. The summed E-state index contributed by atoms with van der Waals surface area (Å²) in [6, 6.07) is 55.2. The van der Waals surface area contributed by atoms with Crippen LogP contribution in [0.25, 0.3) is 39.2 Å². The molecule has 0 amide bonds. The van der Waals surface area contributed by atoms with Gasteiger partial charge in [0, 0.05) is 17.7 Å². The number of tetrazole rings is 1. The van der Waals surface area contributed by atoms with E-state index in [1.165, 1.54) is 0 Å². The lowest BCUT2D eigenvalue weighted by Gasteiger charge is -2.36. The molecule has 6 nitrogen and oxygen atoms in total. The van der Waals surface area contributed by atoms with Gasteiger partial charge >= 0.3 is 0 Å². The molecule has 0 bridgehead atoms. The van der Waals surface area contributed by atoms with E-state index in [2.05, 4.69) is 163 Å². The summed E-state index contributed by atoms with van der Waals surface area (Å²) in [5, 5.41) is 13.9. The van der Waals surface area contributed by atoms with Gasteiger partial charge in [0.25, 0.3) is 0 Å². The van der Waals surface area contributed by atoms with Gasteiger partial charge in [-0.2, -0.15) is 0 Å². The minimum atomic E-state index is -0.841. The van der Waals surface area contributed by atoms with Crippen molar-refractivity contribution in [3.63, 3.8) is 0 Å². The Morgan fingerprint density at radius 3 is 1.80 bits per heavy atom. The summed E-state index contributed by atoms with van der Waals surface area (Å²) in [6.07, 6.45) is 3.15. The molecule has 0 radical (unpaired) electrons. The van der Waals surface area contributed by atoms with Gasteiger partial charge in [0.2, 0.25) is 0 Å². The van der Waals surface area contributed by atoms with Crippen LogP contribution in [0.4, 0.5) is 0 Å². The summed E-state index contributed by atoms with van der Waals surface area (Å²) in [5.41, 5.74) is 9.93. The first-order valence-electron chi connectivity index (χ1n) is 17.3. The molecule has 0 aliphatic heterocycles. The molecule has 0 N–H and O–H groups in total. The van der Waals surface area contributed by atoms with Crippen LogP contribution in [0.15, 0.2) is 158 Å². The number of hydrogen-bond acceptors (Lipinski definition) is 4. The van der Waals surface area contributed by atoms with E-state index in [1.54, 1.807) is 0 Å². The molecule has 0 aliphatic rings. The molecule has 244 valence electrons. The lowest BCUT2D eigenvalue weighted by molar-refractivity contribution is 0.451. The van der Waals surface area contributed by atoms with E-state index in [9.17, 15) is 0 Å². The first-order chi connectivity index (χ1) is 24.7. The summed E-state index contributed by atoms with van der Waals surface area (Å²) < 4.78 is 4.33. The maximum absolute atomic E-state index is 5.03. The number of nitrogens with zero attached hydrogens (tertiary/aromatic N) is 6. The Morgan fingerprint density at radius 2 is 1.18 bits per heavy atom. The van der Waals surface area contributed by atoms with E-state index in [4.69, 9.17) is 15.3 Å². The number of benzene rings is 6. The Labute approximate surface area is 292 Å². The second-order valence-electron chi connectivity index (χ2n) is 12.7. The third kappa shape index (κ3) is 5.30. The van der Waals surface area contributed by atoms with Crippen LogP contribution in [0.3, 0.4) is 0 Å². The van der Waals surface area contributed by atoms with Gasteiger partial charge < -0.3 is 0 Å². The largest absolute Gasteiger partial charge is 0.296 e. The van der Waals surface area contributed by atoms with Crippen molar-refractivity contribution in [3.8, 4) is 28.2 Å². The Hall–Kier alpha value is -6.14. The van der Waals surface area contributed by atoms with Crippen LogP contribution in [0.1, 0.15) is 47.8 Å². The van der Waals surface area contributed by atoms with Gasteiger partial charge in [-0.1, -0.05) is 147 Å². The second kappa shape index (κ2) is 13.4. The number of aromatic nitrogens is 6. The van der Waals surface area contributed by atoms with Gasteiger partial charge in [0.05, 0.1) is 11.0 Å². The zero-order chi connectivity index (χ0) is 33.9. The molecule has 0 saturated carbocycles. The van der Waals surface area contributed by atoms with Crippen molar-refractivity contribution in [1.29, 1.82) is 0 Å². The quantitative estimate of drug-likeness (QED) is 0.138. The molecular weight excluding hydrogens is 613 g/mol. The Bertz CT molecular complexity index is 2280. The van der Waals surface area contributed by atoms with Gasteiger partial charge in [-0.05, 0) is 81.4 Å². The van der Waals surface area contributed by atoms with Crippen LogP contribution in [0.2, 0.25) is 0 Å². The molecule has 0 spiro atoms. The third-order valence-electron chi connectivity index (χ3n) is 9.67. The average molecular weight is 651 g/mol. The molecule has 2 heterocycles. The van der Waals surface area contributed by atoms with Crippen molar-refractivity contribution in [3.05, 3.63) is 186 Å². The molecule has 0 fully saturated rings. The topological polar surface area (TPSA) is 61.4 Å². The first kappa shape index (κ1) is 31.1. The van der Waals surface area contributed by atoms with Crippen molar-refractivity contribution < 1.29 is 0 Å². The Kier molecular flexibility index (Phi) is 8.35. The van der Waals surface area contributed by atoms with Gasteiger partial charge in [0.1, 0.15) is 11.4 Å². The zero-order valence-electron chi connectivity index (χ0n) is 28.3. The predicted octanol–water partition coefficient (Wildman–Crippen LogP) is 9.84. The highest BCUT2D eigenvalue weighted by molar-refractivity contribution is 5.84. The van der Waals surface area contributed by atoms with Crippen LogP contribution in [0.5, 0.6) is 0 Å². The van der Waals surface area contributed by atoms with E-state index in [-0.39, 0.29) is 0 Å². The van der Waals surface area contributed by atoms with E-state index in [1.807, 2.05) is 22.9 Å². The zero-order valence-corrected chi connectivity index (χ0v) is 28.3. The van der Waals surface area contributed by atoms with Crippen LogP contribution in [-0.4, -0.2) is 29.8 Å². The molecule has 8 aromatic rings. The van der Waals surface area contributed by atoms with Crippen molar-refractivity contribution >= 4 is 11.0 Å². The number of aryl methyl sites for hydroxylation is 2. The number of para-hydroxylation sites is 2. The third-order valence-corrected chi connectivity index (χ3v) is 9.67. The highest BCUT2D eigenvalue weighted by Gasteiger charge is 2.42. The number of fused-ring (bicyclic) bond motifs is 1. The van der Waals surface area contributed by atoms with E-state index in [0.717, 1.165) is 80.8 Å². The average Bonchev–Trinajstić information content (AvgIpc) is 3.81. The molecule has 0 unspecified atom stereocenters. The van der Waals surface area contributed by atoms with Crippen LogP contribution >= 0.6 is 0 Å². The highest BCUT2D eigenvalue weighted by Crippen LogP contribution is 2.43. The van der Waals surface area contributed by atoms with Gasteiger partial charge in [0.15, 0.2) is 5.82 Å². The molecule has 2 aromatic heterocycles. The van der Waals surface area contributed by atoms with Crippen molar-refractivity contribution in [2.75, 3.05) is 0 Å². The Balaban J connectivity index is 1.31. The minimum absolute atomic E-state index is 0.683. The molecule has 8 rings (SSSR count). The van der Waals surface area contributed by atoms with Crippen molar-refractivity contribution in [2.45, 2.75) is 38.6 Å². The smallest absolute Gasteiger partial charge is 0.184 e. The lowest BCUT2D eigenvalue weighted by atomic mass is 9.77. The van der Waals surface area contributed by atoms with Crippen LogP contribution in [0, 0.1) is 6.92 Å². The molecule has 6 aromatic carbocycles. The second-order valence-corrected chi connectivity index (χ2v) is 12.7. The first-order valence-corrected chi connectivity index (χ1v) is 17.3. The summed E-state index contributed by atoms with van der Waals surface area (Å²) in [4.78, 5) is 5.03. The normalized spacial score (nSPS) is 11.6. The van der Waals surface area contributed by atoms with Crippen molar-refractivity contribution in [1.82, 2.24) is 29.8 Å². The Morgan fingerprint density at radius 1 is 0.600 bits per heavy atom. The lowest BCUT2D eigenvalue weighted by Crippen LogP contribution is -2.39. The predicted molar refractivity (Wildman–Crippen MR) is 201 cm³/mol. The molecule has 50 heavy (non-hydrogen) atoms. The van der Waals surface area contributed by atoms with E-state index in [0.29, 0.717) is 5.82 Å². The summed E-state index contributed by atoms with van der Waals surface area (Å²) in [6.45, 7) is 4.41. The fraction of sp³-hybridized carbons (Fsp3) is 0.136. The summed E-state index contributed by atoms with van der Waals surface area (Å²) in [7, 11) is 0. The standard InChI is InChI=1S/C44H38N6/c1-3-4-28-42-45-40-26-16-17-27-41(40)49(42)36-29-30-37(32(2)31-36)38-24-14-15-25-39(38)43-46-47-48-50(43)44(33-18-8-5-9-19-33,34-20-10-6-11-21-34)35-22-12-7-13-23-35/h5-27,29-31H,3-4,28H2,1-2H3. The maximum Gasteiger partial charge on any atom is 0.184 e. The SMILES string of the molecule is CCCCc1nc2ccccc2n1-c1ccc(-c2ccccc2-c2nnnn2C(c2ccccc2)(c2ccccc2)c2ccccc2)c(C)c1. The molecular formula is C44H38N6. The molecule has 6 heteroatoms. The fourth-order valence-electron chi connectivity index (χ4n) is 7.35. The van der Waals surface area contributed by atoms with Gasteiger partial charge in [-0.3, -0.25) is 4.57 Å². The number of imidazole rings is 1. The summed E-state index contributed by atoms with van der Waals surface area (Å²) >= 11 is 0. The van der Waals surface area contributed by atoms with E-state index < -0.39 is 5.54 Å². The highest BCUT2D eigenvalue weighted by atomic mass is 15.6. The minimum Gasteiger partial charge on any atom is -0.296 e. The molecule has 0 saturated heterocycles. The molecule has 0 aliphatic carbocycles. The van der Waals surface area contributed by atoms with Crippen LogP contribution < -0.4 is 0 Å². The van der Waals surface area contributed by atoms with E-state index >= 15 is 0 Å². The maximum atomic E-state index is 5.03. The van der Waals surface area contributed by atoms with Gasteiger partial charge in [-0.25, -0.2) is 9.67 Å². The molecule has 0 atom stereocenters. The number of unbranched alkanes of at least 4 members (excludes halogenated alkanes) is 1.